The molecule has 0 fully saturated rings. The van der Waals surface area contributed by atoms with Crippen LogP contribution in [0.1, 0.15) is 5.56 Å². The molecule has 0 saturated carbocycles. The standard InChI is InChI=1S/C15H14F3NO2/c16-15(17,18)21-14-4-2-1-3-13(14)20-10-9-11-5-7-12(19)8-6-11/h1-8H,9-10,19H2. The van der Waals surface area contributed by atoms with Crippen LogP contribution in [0.5, 0.6) is 11.5 Å². The van der Waals surface area contributed by atoms with Crippen molar-refractivity contribution in [1.29, 1.82) is 0 Å². The number of benzene rings is 2. The van der Waals surface area contributed by atoms with Gasteiger partial charge >= 0.3 is 6.36 Å². The summed E-state index contributed by atoms with van der Waals surface area (Å²) in [6.45, 7) is 0.238. The molecule has 0 amide bonds. The summed E-state index contributed by atoms with van der Waals surface area (Å²) in [5.41, 5.74) is 7.21. The molecule has 0 atom stereocenters. The van der Waals surface area contributed by atoms with E-state index in [2.05, 4.69) is 4.74 Å². The molecule has 0 saturated heterocycles. The Balaban J connectivity index is 1.95. The zero-order valence-electron chi connectivity index (χ0n) is 11.1. The molecule has 2 aromatic carbocycles. The molecule has 0 aliphatic rings. The summed E-state index contributed by atoms with van der Waals surface area (Å²) in [5.74, 6) is -0.285. The van der Waals surface area contributed by atoms with E-state index in [9.17, 15) is 13.2 Å². The van der Waals surface area contributed by atoms with E-state index in [4.69, 9.17) is 10.5 Å². The molecule has 0 aliphatic heterocycles. The van der Waals surface area contributed by atoms with E-state index in [1.807, 2.05) is 12.1 Å². The Morgan fingerprint density at radius 3 is 2.14 bits per heavy atom. The smallest absolute Gasteiger partial charge is 0.489 e. The van der Waals surface area contributed by atoms with Crippen molar-refractivity contribution in [3.8, 4) is 11.5 Å². The highest BCUT2D eigenvalue weighted by atomic mass is 19.4. The number of hydrogen-bond donors (Lipinski definition) is 1. The number of nitrogen functional groups attached to an aromatic ring is 1. The highest BCUT2D eigenvalue weighted by Crippen LogP contribution is 2.31. The van der Waals surface area contributed by atoms with Crippen LogP contribution in [-0.4, -0.2) is 13.0 Å². The van der Waals surface area contributed by atoms with Gasteiger partial charge in [0.25, 0.3) is 0 Å². The number of hydrogen-bond acceptors (Lipinski definition) is 3. The second kappa shape index (κ2) is 6.39. The minimum Gasteiger partial charge on any atom is -0.489 e. The van der Waals surface area contributed by atoms with Gasteiger partial charge in [0, 0.05) is 12.1 Å². The van der Waals surface area contributed by atoms with Gasteiger partial charge in [0.1, 0.15) is 0 Å². The van der Waals surface area contributed by atoms with Crippen molar-refractivity contribution < 1.29 is 22.6 Å². The molecule has 2 rings (SSSR count). The van der Waals surface area contributed by atoms with E-state index in [0.29, 0.717) is 12.1 Å². The van der Waals surface area contributed by atoms with Crippen LogP contribution < -0.4 is 15.2 Å². The summed E-state index contributed by atoms with van der Waals surface area (Å²) >= 11 is 0. The second-order valence-electron chi connectivity index (χ2n) is 4.33. The Morgan fingerprint density at radius 2 is 1.52 bits per heavy atom. The van der Waals surface area contributed by atoms with Crippen molar-refractivity contribution in [2.24, 2.45) is 0 Å². The monoisotopic (exact) mass is 297 g/mol. The Kier molecular flexibility index (Phi) is 4.57. The average molecular weight is 297 g/mol. The van der Waals surface area contributed by atoms with E-state index in [1.54, 1.807) is 18.2 Å². The third-order valence-corrected chi connectivity index (χ3v) is 2.70. The molecule has 2 N–H and O–H groups in total. The Labute approximate surface area is 120 Å². The van der Waals surface area contributed by atoms with Crippen LogP contribution in [0.15, 0.2) is 48.5 Å². The first-order chi connectivity index (χ1) is 9.94. The number of alkyl halides is 3. The van der Waals surface area contributed by atoms with Crippen molar-refractivity contribution >= 4 is 5.69 Å². The van der Waals surface area contributed by atoms with Gasteiger partial charge in [0.15, 0.2) is 11.5 Å². The highest BCUT2D eigenvalue weighted by Gasteiger charge is 2.32. The largest absolute Gasteiger partial charge is 0.573 e. The molecule has 0 spiro atoms. The minimum atomic E-state index is -4.74. The Hall–Kier alpha value is -2.37. The first-order valence-electron chi connectivity index (χ1n) is 6.26. The van der Waals surface area contributed by atoms with Crippen LogP contribution in [0, 0.1) is 0 Å². The predicted molar refractivity (Wildman–Crippen MR) is 73.2 cm³/mol. The minimum absolute atomic E-state index is 0.0604. The Morgan fingerprint density at radius 1 is 0.905 bits per heavy atom. The van der Waals surface area contributed by atoms with Gasteiger partial charge in [-0.1, -0.05) is 24.3 Å². The van der Waals surface area contributed by atoms with Gasteiger partial charge in [-0.05, 0) is 29.8 Å². The van der Waals surface area contributed by atoms with Crippen molar-refractivity contribution in [1.82, 2.24) is 0 Å². The van der Waals surface area contributed by atoms with Crippen molar-refractivity contribution in [3.05, 3.63) is 54.1 Å². The van der Waals surface area contributed by atoms with Crippen LogP contribution in [0.3, 0.4) is 0 Å². The van der Waals surface area contributed by atoms with Crippen LogP contribution in [0.2, 0.25) is 0 Å². The van der Waals surface area contributed by atoms with Crippen LogP contribution in [0.25, 0.3) is 0 Å². The van der Waals surface area contributed by atoms with E-state index >= 15 is 0 Å². The lowest BCUT2D eigenvalue weighted by molar-refractivity contribution is -0.275. The molecule has 6 heteroatoms. The lowest BCUT2D eigenvalue weighted by Crippen LogP contribution is -2.18. The molecule has 3 nitrogen and oxygen atoms in total. The molecule has 0 aromatic heterocycles. The molecular weight excluding hydrogens is 283 g/mol. The molecule has 0 bridgehead atoms. The highest BCUT2D eigenvalue weighted by molar-refractivity contribution is 5.40. The van der Waals surface area contributed by atoms with E-state index in [-0.39, 0.29) is 18.1 Å². The van der Waals surface area contributed by atoms with Gasteiger partial charge in [-0.2, -0.15) is 0 Å². The summed E-state index contributed by atoms with van der Waals surface area (Å²) in [6.07, 6.45) is -4.18. The molecule has 0 radical (unpaired) electrons. The first-order valence-corrected chi connectivity index (χ1v) is 6.26. The molecule has 0 heterocycles. The number of rotatable bonds is 5. The first kappa shape index (κ1) is 15.0. The van der Waals surface area contributed by atoms with Crippen LogP contribution >= 0.6 is 0 Å². The van der Waals surface area contributed by atoms with Gasteiger partial charge in [-0.25, -0.2) is 0 Å². The maximum atomic E-state index is 12.3. The molecular formula is C15H14F3NO2. The zero-order valence-corrected chi connectivity index (χ0v) is 11.1. The van der Waals surface area contributed by atoms with E-state index < -0.39 is 6.36 Å². The summed E-state index contributed by atoms with van der Waals surface area (Å²) in [5, 5.41) is 0. The third-order valence-electron chi connectivity index (χ3n) is 2.70. The van der Waals surface area contributed by atoms with Crippen LogP contribution in [0.4, 0.5) is 18.9 Å². The second-order valence-corrected chi connectivity index (χ2v) is 4.33. The normalized spacial score (nSPS) is 11.2. The van der Waals surface area contributed by atoms with E-state index in [1.165, 1.54) is 18.2 Å². The lowest BCUT2D eigenvalue weighted by atomic mass is 10.1. The maximum Gasteiger partial charge on any atom is 0.573 e. The fourth-order valence-corrected chi connectivity index (χ4v) is 1.74. The SMILES string of the molecule is Nc1ccc(CCOc2ccccc2OC(F)(F)F)cc1. The number of anilines is 1. The zero-order chi connectivity index (χ0) is 15.3. The molecule has 21 heavy (non-hydrogen) atoms. The maximum absolute atomic E-state index is 12.3. The van der Waals surface area contributed by atoms with Gasteiger partial charge in [0.05, 0.1) is 6.61 Å². The average Bonchev–Trinajstić information content (AvgIpc) is 2.41. The van der Waals surface area contributed by atoms with Gasteiger partial charge in [0.2, 0.25) is 0 Å². The summed E-state index contributed by atoms with van der Waals surface area (Å²) in [7, 11) is 0. The summed E-state index contributed by atoms with van der Waals surface area (Å²) in [4.78, 5) is 0. The molecule has 0 aliphatic carbocycles. The molecule has 2 aromatic rings. The van der Waals surface area contributed by atoms with Gasteiger partial charge < -0.3 is 15.2 Å². The van der Waals surface area contributed by atoms with Gasteiger partial charge in [-0.3, -0.25) is 0 Å². The summed E-state index contributed by atoms with van der Waals surface area (Å²) < 4.78 is 46.0. The van der Waals surface area contributed by atoms with Crippen molar-refractivity contribution in [3.63, 3.8) is 0 Å². The quantitative estimate of drug-likeness (QED) is 0.854. The fraction of sp³-hybridized carbons (Fsp3) is 0.200. The number of ether oxygens (including phenoxy) is 2. The van der Waals surface area contributed by atoms with Crippen molar-refractivity contribution in [2.75, 3.05) is 12.3 Å². The number of para-hydroxylation sites is 2. The lowest BCUT2D eigenvalue weighted by Gasteiger charge is -2.13. The predicted octanol–water partition coefficient (Wildman–Crippen LogP) is 3.79. The summed E-state index contributed by atoms with van der Waals surface area (Å²) in [6, 6.07) is 12.9. The van der Waals surface area contributed by atoms with Gasteiger partial charge in [-0.15, -0.1) is 13.2 Å². The molecule has 0 unspecified atom stereocenters. The number of nitrogens with two attached hydrogens (primary N) is 1. The van der Waals surface area contributed by atoms with Crippen molar-refractivity contribution in [2.45, 2.75) is 12.8 Å². The van der Waals surface area contributed by atoms with Crippen LogP contribution in [-0.2, 0) is 6.42 Å². The Bertz CT molecular complexity index is 582. The third kappa shape index (κ3) is 4.91. The number of halogens is 3. The molecule has 112 valence electrons. The fourth-order valence-electron chi connectivity index (χ4n) is 1.74. The van der Waals surface area contributed by atoms with E-state index in [0.717, 1.165) is 5.56 Å². The topological polar surface area (TPSA) is 44.5 Å².